The predicted molar refractivity (Wildman–Crippen MR) is 83.3 cm³/mol. The third-order valence-corrected chi connectivity index (χ3v) is 7.76. The molecular weight excluding hydrogens is 292 g/mol. The second-order valence-corrected chi connectivity index (χ2v) is 9.86. The molecule has 0 radical (unpaired) electrons. The zero-order valence-corrected chi connectivity index (χ0v) is 14.4. The molecule has 1 aromatic rings. The Morgan fingerprint density at radius 3 is 2.25 bits per heavy atom. The lowest BCUT2D eigenvalue weighted by molar-refractivity contribution is -0.0593. The van der Waals surface area contributed by atoms with Gasteiger partial charge in [-0.1, -0.05) is 34.6 Å². The van der Waals surface area contributed by atoms with Crippen LogP contribution in [0.25, 0.3) is 0 Å². The molecule has 6 heteroatoms. The van der Waals surface area contributed by atoms with Crippen LogP contribution in [-0.4, -0.2) is 20.5 Å². The maximum Gasteiger partial charge on any atom is 0.250 e. The molecule has 0 bridgehead atoms. The van der Waals surface area contributed by atoms with Crippen LogP contribution < -0.4 is 10.5 Å². The fraction of sp³-hybridized carbons (Fsp3) is 0.714. The Kier molecular flexibility index (Phi) is 3.83. The van der Waals surface area contributed by atoms with Crippen LogP contribution >= 0.6 is 11.3 Å². The number of aryl methyl sites for hydroxylation is 1. The summed E-state index contributed by atoms with van der Waals surface area (Å²) >= 11 is 1.34. The molecule has 0 spiro atoms. The van der Waals surface area contributed by atoms with Gasteiger partial charge in [-0.05, 0) is 29.4 Å². The Morgan fingerprint density at radius 1 is 1.25 bits per heavy atom. The third-order valence-electron chi connectivity index (χ3n) is 4.61. The minimum atomic E-state index is -3.46. The highest BCUT2D eigenvalue weighted by Gasteiger charge is 2.61. The van der Waals surface area contributed by atoms with Crippen molar-refractivity contribution in [2.45, 2.75) is 57.3 Å². The molecule has 3 N–H and O–H groups in total. The van der Waals surface area contributed by atoms with Crippen molar-refractivity contribution in [3.05, 3.63) is 17.0 Å². The Balaban J connectivity index is 2.25. The molecule has 1 aromatic heterocycles. The first-order chi connectivity index (χ1) is 9.03. The summed E-state index contributed by atoms with van der Waals surface area (Å²) in [5.41, 5.74) is 5.71. The van der Waals surface area contributed by atoms with Crippen molar-refractivity contribution in [3.8, 4) is 0 Å². The lowest BCUT2D eigenvalue weighted by Crippen LogP contribution is -2.75. The molecule has 4 nitrogen and oxygen atoms in total. The molecule has 0 atom stereocenters. The summed E-state index contributed by atoms with van der Waals surface area (Å²) in [5, 5.41) is 0. The van der Waals surface area contributed by atoms with Gasteiger partial charge < -0.3 is 5.73 Å². The van der Waals surface area contributed by atoms with Crippen LogP contribution in [0.1, 0.15) is 39.5 Å². The van der Waals surface area contributed by atoms with Gasteiger partial charge in [-0.3, -0.25) is 0 Å². The fourth-order valence-corrected chi connectivity index (χ4v) is 6.25. The zero-order chi connectivity index (χ0) is 15.3. The number of rotatable bonds is 4. The van der Waals surface area contributed by atoms with Gasteiger partial charge in [0.15, 0.2) is 0 Å². The van der Waals surface area contributed by atoms with Crippen LogP contribution in [0.5, 0.6) is 0 Å². The average molecular weight is 316 g/mol. The van der Waals surface area contributed by atoms with Crippen LogP contribution in [0.4, 0.5) is 0 Å². The largest absolute Gasteiger partial charge is 0.327 e. The van der Waals surface area contributed by atoms with Gasteiger partial charge in [-0.25, -0.2) is 13.1 Å². The molecule has 20 heavy (non-hydrogen) atoms. The maximum absolute atomic E-state index is 12.5. The van der Waals surface area contributed by atoms with E-state index >= 15 is 0 Å². The highest BCUT2D eigenvalue weighted by Crippen LogP contribution is 2.53. The van der Waals surface area contributed by atoms with E-state index in [1.54, 1.807) is 6.07 Å². The van der Waals surface area contributed by atoms with Crippen molar-refractivity contribution in [1.82, 2.24) is 4.72 Å². The Morgan fingerprint density at radius 2 is 1.80 bits per heavy atom. The Hall–Kier alpha value is -0.430. The lowest BCUT2D eigenvalue weighted by Gasteiger charge is -2.62. The van der Waals surface area contributed by atoms with Gasteiger partial charge in [0.25, 0.3) is 0 Å². The molecule has 0 unspecified atom stereocenters. The van der Waals surface area contributed by atoms with E-state index in [1.807, 2.05) is 40.7 Å². The zero-order valence-electron chi connectivity index (χ0n) is 12.7. The molecule has 1 aliphatic carbocycles. The predicted octanol–water partition coefficient (Wildman–Crippen LogP) is 2.35. The van der Waals surface area contributed by atoms with E-state index in [1.165, 1.54) is 11.3 Å². The normalized spacial score (nSPS) is 28.1. The van der Waals surface area contributed by atoms with Crippen LogP contribution in [0.15, 0.2) is 16.3 Å². The summed E-state index contributed by atoms with van der Waals surface area (Å²) in [6.07, 6.45) is 0.853. The summed E-state index contributed by atoms with van der Waals surface area (Å²) in [7, 11) is -3.46. The number of nitrogens with two attached hydrogens (primary N) is 1. The van der Waals surface area contributed by atoms with E-state index in [2.05, 4.69) is 4.72 Å². The number of hydrogen-bond donors (Lipinski definition) is 2. The van der Waals surface area contributed by atoms with Crippen molar-refractivity contribution in [3.63, 3.8) is 0 Å². The monoisotopic (exact) mass is 316 g/mol. The van der Waals surface area contributed by atoms with Crippen molar-refractivity contribution in [2.24, 2.45) is 16.6 Å². The third kappa shape index (κ3) is 2.32. The number of thiophene rings is 1. The van der Waals surface area contributed by atoms with Gasteiger partial charge in [0.2, 0.25) is 10.0 Å². The smallest absolute Gasteiger partial charge is 0.250 e. The lowest BCUT2D eigenvalue weighted by atomic mass is 9.49. The van der Waals surface area contributed by atoms with E-state index in [-0.39, 0.29) is 22.9 Å². The molecule has 0 saturated heterocycles. The first kappa shape index (κ1) is 15.9. The van der Waals surface area contributed by atoms with Gasteiger partial charge in [0.1, 0.15) is 4.21 Å². The van der Waals surface area contributed by atoms with Gasteiger partial charge in [0.05, 0.1) is 0 Å². The standard InChI is InChI=1S/C14H24N2O2S2/c1-6-9-7-8-10(19-9)20(17,18)16-12-13(2,3)11(15)14(12,4)5/h7-8,11-12,16H,6,15H2,1-5H3. The summed E-state index contributed by atoms with van der Waals surface area (Å²) in [6.45, 7) is 10.1. The van der Waals surface area contributed by atoms with E-state index in [9.17, 15) is 8.42 Å². The van der Waals surface area contributed by atoms with E-state index < -0.39 is 10.0 Å². The highest BCUT2D eigenvalue weighted by molar-refractivity contribution is 7.91. The molecule has 1 heterocycles. The molecule has 1 fully saturated rings. The number of hydrogen-bond acceptors (Lipinski definition) is 4. The molecule has 1 aliphatic rings. The summed E-state index contributed by atoms with van der Waals surface area (Å²) in [5.74, 6) is 0. The highest BCUT2D eigenvalue weighted by atomic mass is 32.2. The minimum absolute atomic E-state index is 0.0164. The molecule has 0 aromatic carbocycles. The summed E-state index contributed by atoms with van der Waals surface area (Å²) in [4.78, 5) is 1.08. The molecule has 0 aliphatic heterocycles. The molecule has 1 saturated carbocycles. The second-order valence-electron chi connectivity index (χ2n) is 6.75. The van der Waals surface area contributed by atoms with Crippen molar-refractivity contribution in [2.75, 3.05) is 0 Å². The summed E-state index contributed by atoms with van der Waals surface area (Å²) in [6, 6.07) is 3.39. The van der Waals surface area contributed by atoms with E-state index in [0.717, 1.165) is 11.3 Å². The molecule has 114 valence electrons. The molecule has 0 amide bonds. The summed E-state index contributed by atoms with van der Waals surface area (Å²) < 4.78 is 28.3. The Bertz CT molecular complexity index is 586. The van der Waals surface area contributed by atoms with Crippen molar-refractivity contribution >= 4 is 21.4 Å². The maximum atomic E-state index is 12.5. The van der Waals surface area contributed by atoms with Crippen LogP contribution in [0.2, 0.25) is 0 Å². The van der Waals surface area contributed by atoms with Crippen LogP contribution in [0.3, 0.4) is 0 Å². The van der Waals surface area contributed by atoms with Gasteiger partial charge in [-0.2, -0.15) is 0 Å². The fourth-order valence-electron chi connectivity index (χ4n) is 3.39. The average Bonchev–Trinajstić information content (AvgIpc) is 2.84. The van der Waals surface area contributed by atoms with Crippen LogP contribution in [-0.2, 0) is 16.4 Å². The first-order valence-electron chi connectivity index (χ1n) is 6.90. The van der Waals surface area contributed by atoms with E-state index in [4.69, 9.17) is 5.73 Å². The SMILES string of the molecule is CCc1ccc(S(=O)(=O)NC2C(C)(C)C(N)C2(C)C)s1. The van der Waals surface area contributed by atoms with Gasteiger partial charge >= 0.3 is 0 Å². The van der Waals surface area contributed by atoms with Gasteiger partial charge in [0, 0.05) is 17.0 Å². The van der Waals surface area contributed by atoms with E-state index in [0.29, 0.717) is 4.21 Å². The van der Waals surface area contributed by atoms with Crippen LogP contribution in [0, 0.1) is 10.8 Å². The number of nitrogens with one attached hydrogen (secondary N) is 1. The second kappa shape index (κ2) is 4.80. The number of sulfonamides is 1. The van der Waals surface area contributed by atoms with Crippen molar-refractivity contribution < 1.29 is 8.42 Å². The van der Waals surface area contributed by atoms with Gasteiger partial charge in [-0.15, -0.1) is 11.3 Å². The topological polar surface area (TPSA) is 72.2 Å². The molecule has 2 rings (SSSR count). The van der Waals surface area contributed by atoms with Crippen molar-refractivity contribution in [1.29, 1.82) is 0 Å². The minimum Gasteiger partial charge on any atom is -0.327 e. The first-order valence-corrected chi connectivity index (χ1v) is 9.20. The molecular formula is C14H24N2O2S2. The Labute approximate surface area is 125 Å². The quantitative estimate of drug-likeness (QED) is 0.895.